The van der Waals surface area contributed by atoms with E-state index < -0.39 is 18.2 Å². The van der Waals surface area contributed by atoms with Crippen LogP contribution in [0.5, 0.6) is 5.75 Å². The van der Waals surface area contributed by atoms with Crippen molar-refractivity contribution in [1.29, 1.82) is 0 Å². The van der Waals surface area contributed by atoms with Gasteiger partial charge in [-0.15, -0.1) is 0 Å². The number of amides is 1. The van der Waals surface area contributed by atoms with E-state index in [9.17, 15) is 9.90 Å². The molecule has 5 heteroatoms. The Morgan fingerprint density at radius 1 is 1.18 bits per heavy atom. The maximum Gasteiger partial charge on any atom is 0.408 e. The predicted molar refractivity (Wildman–Crippen MR) is 80.4 cm³/mol. The van der Waals surface area contributed by atoms with Gasteiger partial charge in [-0.2, -0.15) is 0 Å². The zero-order valence-corrected chi connectivity index (χ0v) is 11.9. The van der Waals surface area contributed by atoms with E-state index in [1.54, 1.807) is 0 Å². The highest BCUT2D eigenvalue weighted by Crippen LogP contribution is 2.31. The number of aliphatic hydroxyl groups excluding tert-OH is 1. The number of para-hydroxylation sites is 1. The van der Waals surface area contributed by atoms with Gasteiger partial charge in [0.2, 0.25) is 0 Å². The lowest BCUT2D eigenvalue weighted by Gasteiger charge is -2.30. The second-order valence-electron chi connectivity index (χ2n) is 5.10. The quantitative estimate of drug-likeness (QED) is 0.913. The zero-order chi connectivity index (χ0) is 15.4. The minimum atomic E-state index is -0.806. The highest BCUT2D eigenvalue weighted by atomic mass is 16.5. The molecule has 1 aliphatic heterocycles. The number of carbonyl (C=O) groups is 1. The third-order valence-electron chi connectivity index (χ3n) is 3.53. The first-order valence-electron chi connectivity index (χ1n) is 7.11. The smallest absolute Gasteiger partial charge is 0.408 e. The second kappa shape index (κ2) is 6.49. The first kappa shape index (κ1) is 14.4. The van der Waals surface area contributed by atoms with Gasteiger partial charge < -0.3 is 19.9 Å². The standard InChI is InChI=1S/C17H17NO4/c19-14-11-21-15-9-5-4-8-13(15)16(14)18-17(20)22-10-12-6-2-1-3-7-12/h1-9,14,16,19H,10-11H2,(H,18,20)/t14-,16+/m0/s1. The lowest BCUT2D eigenvalue weighted by atomic mass is 9.98. The number of benzene rings is 2. The van der Waals surface area contributed by atoms with Crippen molar-refractivity contribution in [3.63, 3.8) is 0 Å². The van der Waals surface area contributed by atoms with Gasteiger partial charge in [0.25, 0.3) is 0 Å². The molecule has 3 rings (SSSR count). The Balaban J connectivity index is 1.64. The first-order chi connectivity index (χ1) is 10.7. The van der Waals surface area contributed by atoms with Gasteiger partial charge in [0, 0.05) is 5.56 Å². The molecule has 22 heavy (non-hydrogen) atoms. The lowest BCUT2D eigenvalue weighted by Crippen LogP contribution is -2.42. The minimum absolute atomic E-state index is 0.140. The molecule has 1 heterocycles. The molecule has 2 aromatic carbocycles. The maximum absolute atomic E-state index is 12.0. The molecule has 114 valence electrons. The van der Waals surface area contributed by atoms with Crippen LogP contribution in [-0.4, -0.2) is 23.9 Å². The molecule has 1 aliphatic rings. The lowest BCUT2D eigenvalue weighted by molar-refractivity contribution is 0.0501. The number of ether oxygens (including phenoxy) is 2. The molecule has 0 saturated carbocycles. The molecule has 5 nitrogen and oxygen atoms in total. The van der Waals surface area contributed by atoms with Crippen LogP contribution in [0.3, 0.4) is 0 Å². The Bertz CT molecular complexity index is 644. The van der Waals surface area contributed by atoms with Crippen LogP contribution >= 0.6 is 0 Å². The molecular weight excluding hydrogens is 282 g/mol. The summed E-state index contributed by atoms with van der Waals surface area (Å²) in [6.07, 6.45) is -1.37. The first-order valence-corrected chi connectivity index (χ1v) is 7.11. The van der Waals surface area contributed by atoms with Crippen LogP contribution in [0.1, 0.15) is 17.2 Å². The summed E-state index contributed by atoms with van der Waals surface area (Å²) in [6.45, 7) is 0.328. The molecule has 0 spiro atoms. The number of carbonyl (C=O) groups excluding carboxylic acids is 1. The summed E-state index contributed by atoms with van der Waals surface area (Å²) >= 11 is 0. The Kier molecular flexibility index (Phi) is 4.25. The van der Waals surface area contributed by atoms with Crippen molar-refractivity contribution >= 4 is 6.09 Å². The molecule has 0 saturated heterocycles. The number of aliphatic hydroxyl groups is 1. The van der Waals surface area contributed by atoms with Crippen LogP contribution in [0.2, 0.25) is 0 Å². The molecule has 0 unspecified atom stereocenters. The summed E-state index contributed by atoms with van der Waals surface area (Å²) in [5, 5.41) is 12.8. The van der Waals surface area contributed by atoms with Crippen molar-refractivity contribution in [2.75, 3.05) is 6.61 Å². The van der Waals surface area contributed by atoms with Gasteiger partial charge >= 0.3 is 6.09 Å². The number of hydrogen-bond acceptors (Lipinski definition) is 4. The van der Waals surface area contributed by atoms with Gasteiger partial charge in [-0.25, -0.2) is 4.79 Å². The van der Waals surface area contributed by atoms with Crippen molar-refractivity contribution in [2.45, 2.75) is 18.8 Å². The third-order valence-corrected chi connectivity index (χ3v) is 3.53. The number of rotatable bonds is 3. The van der Waals surface area contributed by atoms with Gasteiger partial charge in [0.15, 0.2) is 0 Å². The van der Waals surface area contributed by atoms with E-state index in [0.717, 1.165) is 11.1 Å². The summed E-state index contributed by atoms with van der Waals surface area (Å²) in [7, 11) is 0. The van der Waals surface area contributed by atoms with E-state index >= 15 is 0 Å². The number of hydrogen-bond donors (Lipinski definition) is 2. The molecule has 0 aromatic heterocycles. The van der Waals surface area contributed by atoms with E-state index in [2.05, 4.69) is 5.32 Å². The van der Waals surface area contributed by atoms with Crippen molar-refractivity contribution in [3.8, 4) is 5.75 Å². The monoisotopic (exact) mass is 299 g/mol. The zero-order valence-electron chi connectivity index (χ0n) is 11.9. The van der Waals surface area contributed by atoms with Crippen molar-refractivity contribution in [2.24, 2.45) is 0 Å². The molecule has 0 fully saturated rings. The summed E-state index contributed by atoms with van der Waals surface area (Å²) in [5.74, 6) is 0.668. The van der Waals surface area contributed by atoms with E-state index in [0.29, 0.717) is 5.75 Å². The van der Waals surface area contributed by atoms with Crippen LogP contribution in [0, 0.1) is 0 Å². The normalized spacial score (nSPS) is 19.7. The molecule has 1 amide bonds. The molecule has 2 N–H and O–H groups in total. The summed E-state index contributed by atoms with van der Waals surface area (Å²) in [5.41, 5.74) is 1.66. The van der Waals surface area contributed by atoms with Crippen LogP contribution in [0.15, 0.2) is 54.6 Å². The average Bonchev–Trinajstić information content (AvgIpc) is 2.56. The Hall–Kier alpha value is -2.53. The van der Waals surface area contributed by atoms with E-state index in [1.807, 2.05) is 54.6 Å². The van der Waals surface area contributed by atoms with Crippen molar-refractivity contribution < 1.29 is 19.4 Å². The van der Waals surface area contributed by atoms with Gasteiger partial charge in [-0.05, 0) is 11.6 Å². The molecule has 0 aliphatic carbocycles. The largest absolute Gasteiger partial charge is 0.490 e. The highest BCUT2D eigenvalue weighted by Gasteiger charge is 2.30. The minimum Gasteiger partial charge on any atom is -0.490 e. The Morgan fingerprint density at radius 2 is 1.91 bits per heavy atom. The van der Waals surface area contributed by atoms with E-state index in [4.69, 9.17) is 9.47 Å². The van der Waals surface area contributed by atoms with Crippen LogP contribution in [0.4, 0.5) is 4.79 Å². The molecular formula is C17H17NO4. The van der Waals surface area contributed by atoms with Crippen LogP contribution in [-0.2, 0) is 11.3 Å². The number of alkyl carbamates (subject to hydrolysis) is 1. The topological polar surface area (TPSA) is 67.8 Å². The molecule has 2 atom stereocenters. The Morgan fingerprint density at radius 3 is 2.73 bits per heavy atom. The van der Waals surface area contributed by atoms with Gasteiger partial charge in [-0.3, -0.25) is 0 Å². The number of fused-ring (bicyclic) bond motifs is 1. The summed E-state index contributed by atoms with van der Waals surface area (Å²) in [6, 6.07) is 16.2. The van der Waals surface area contributed by atoms with Crippen LogP contribution < -0.4 is 10.1 Å². The number of nitrogens with one attached hydrogen (secondary N) is 1. The Labute approximate surface area is 128 Å². The van der Waals surface area contributed by atoms with Crippen molar-refractivity contribution in [3.05, 3.63) is 65.7 Å². The SMILES string of the molecule is O=C(N[C@@H]1c2ccccc2OC[C@@H]1O)OCc1ccccc1. The van der Waals surface area contributed by atoms with Crippen molar-refractivity contribution in [1.82, 2.24) is 5.32 Å². The molecule has 2 aromatic rings. The van der Waals surface area contributed by atoms with Gasteiger partial charge in [0.1, 0.15) is 25.1 Å². The van der Waals surface area contributed by atoms with Crippen LogP contribution in [0.25, 0.3) is 0 Å². The average molecular weight is 299 g/mol. The fourth-order valence-corrected chi connectivity index (χ4v) is 2.41. The molecule has 0 bridgehead atoms. The van der Waals surface area contributed by atoms with E-state index in [-0.39, 0.29) is 13.2 Å². The summed E-state index contributed by atoms with van der Waals surface area (Å²) < 4.78 is 10.6. The second-order valence-corrected chi connectivity index (χ2v) is 5.10. The molecule has 0 radical (unpaired) electrons. The maximum atomic E-state index is 12.0. The fourth-order valence-electron chi connectivity index (χ4n) is 2.41. The van der Waals surface area contributed by atoms with Gasteiger partial charge in [0.05, 0.1) is 6.04 Å². The predicted octanol–water partition coefficient (Wildman–Crippen LogP) is 2.41. The van der Waals surface area contributed by atoms with E-state index in [1.165, 1.54) is 0 Å². The third kappa shape index (κ3) is 3.20. The fraction of sp³-hybridized carbons (Fsp3) is 0.235. The highest BCUT2D eigenvalue weighted by molar-refractivity contribution is 5.68. The summed E-state index contributed by atoms with van der Waals surface area (Å²) in [4.78, 5) is 12.0. The van der Waals surface area contributed by atoms with Gasteiger partial charge in [-0.1, -0.05) is 48.5 Å².